The summed E-state index contributed by atoms with van der Waals surface area (Å²) in [6.45, 7) is 4.43. The molecule has 1 N–H and O–H groups in total. The van der Waals surface area contributed by atoms with E-state index in [2.05, 4.69) is 27.2 Å². The molecule has 0 atom stereocenters. The van der Waals surface area contributed by atoms with Gasteiger partial charge in [0.2, 0.25) is 0 Å². The van der Waals surface area contributed by atoms with E-state index in [4.69, 9.17) is 4.74 Å². The summed E-state index contributed by atoms with van der Waals surface area (Å²) in [4.78, 5) is 10.9. The van der Waals surface area contributed by atoms with Crippen LogP contribution in [0.3, 0.4) is 0 Å². The van der Waals surface area contributed by atoms with Crippen molar-refractivity contribution in [3.8, 4) is 5.75 Å². The molecule has 146 valence electrons. The van der Waals surface area contributed by atoms with Crippen LogP contribution < -0.4 is 10.1 Å². The average Bonchev–Trinajstić information content (AvgIpc) is 2.63. The standard InChI is InChI=1S/C19H26N4O3S/c1-14-18(6-7-19(22-14)27(3,24)25)21-12-15-4-5-17(13-20-15)26-16-8-10-23(2)11-9-16/h4-7,13,16,21H,8-12H2,1-3H3. The monoisotopic (exact) mass is 390 g/mol. The quantitative estimate of drug-likeness (QED) is 0.810. The van der Waals surface area contributed by atoms with Crippen LogP contribution in [-0.4, -0.2) is 55.8 Å². The van der Waals surface area contributed by atoms with E-state index in [-0.39, 0.29) is 11.1 Å². The molecule has 7 nitrogen and oxygen atoms in total. The van der Waals surface area contributed by atoms with Gasteiger partial charge in [0.05, 0.1) is 29.8 Å². The smallest absolute Gasteiger partial charge is 0.192 e. The third-order valence-corrected chi connectivity index (χ3v) is 5.65. The fraction of sp³-hybridized carbons (Fsp3) is 0.474. The van der Waals surface area contributed by atoms with Gasteiger partial charge in [-0.3, -0.25) is 4.98 Å². The molecule has 0 aliphatic carbocycles. The molecule has 3 heterocycles. The van der Waals surface area contributed by atoms with Gasteiger partial charge < -0.3 is 15.0 Å². The number of nitrogens with zero attached hydrogens (tertiary/aromatic N) is 3. The molecule has 27 heavy (non-hydrogen) atoms. The van der Waals surface area contributed by atoms with Crippen molar-refractivity contribution in [3.63, 3.8) is 0 Å². The minimum Gasteiger partial charge on any atom is -0.489 e. The SMILES string of the molecule is Cc1nc(S(C)(=O)=O)ccc1NCc1ccc(OC2CCN(C)CC2)cn1. The molecule has 1 saturated heterocycles. The van der Waals surface area contributed by atoms with Gasteiger partial charge in [0.25, 0.3) is 0 Å². The first-order valence-corrected chi connectivity index (χ1v) is 10.9. The Morgan fingerprint density at radius 2 is 1.96 bits per heavy atom. The zero-order chi connectivity index (χ0) is 19.4. The van der Waals surface area contributed by atoms with Gasteiger partial charge in [-0.05, 0) is 51.1 Å². The van der Waals surface area contributed by atoms with Gasteiger partial charge >= 0.3 is 0 Å². The predicted octanol–water partition coefficient (Wildman–Crippen LogP) is 2.27. The molecule has 0 amide bonds. The van der Waals surface area contributed by atoms with E-state index in [1.54, 1.807) is 19.2 Å². The Bertz CT molecular complexity index is 876. The summed E-state index contributed by atoms with van der Waals surface area (Å²) in [6.07, 6.45) is 5.24. The third-order valence-electron chi connectivity index (χ3n) is 4.67. The number of hydrogen-bond donors (Lipinski definition) is 1. The molecule has 8 heteroatoms. The second kappa shape index (κ2) is 8.22. The largest absolute Gasteiger partial charge is 0.489 e. The van der Waals surface area contributed by atoms with Crippen molar-refractivity contribution in [1.82, 2.24) is 14.9 Å². The second-order valence-electron chi connectivity index (χ2n) is 7.01. The van der Waals surface area contributed by atoms with Gasteiger partial charge in [0, 0.05) is 19.3 Å². The van der Waals surface area contributed by atoms with Crippen molar-refractivity contribution in [2.45, 2.75) is 37.4 Å². The van der Waals surface area contributed by atoms with Gasteiger partial charge in [-0.25, -0.2) is 13.4 Å². The third kappa shape index (κ3) is 5.40. The summed E-state index contributed by atoms with van der Waals surface area (Å²) in [5.74, 6) is 0.795. The van der Waals surface area contributed by atoms with Gasteiger partial charge in [-0.1, -0.05) is 0 Å². The van der Waals surface area contributed by atoms with Crippen molar-refractivity contribution in [2.75, 3.05) is 31.7 Å². The molecule has 0 radical (unpaired) electrons. The number of anilines is 1. The molecule has 0 aromatic carbocycles. The highest BCUT2D eigenvalue weighted by Gasteiger charge is 2.18. The Morgan fingerprint density at radius 1 is 1.22 bits per heavy atom. The Kier molecular flexibility index (Phi) is 5.96. The highest BCUT2D eigenvalue weighted by Crippen LogP contribution is 2.19. The Morgan fingerprint density at radius 3 is 2.56 bits per heavy atom. The van der Waals surface area contributed by atoms with E-state index in [0.717, 1.165) is 49.3 Å². The Labute approximate surface area is 160 Å². The second-order valence-corrected chi connectivity index (χ2v) is 8.98. The minimum absolute atomic E-state index is 0.0825. The maximum Gasteiger partial charge on any atom is 0.192 e. The molecular weight excluding hydrogens is 364 g/mol. The van der Waals surface area contributed by atoms with E-state index in [0.29, 0.717) is 12.2 Å². The van der Waals surface area contributed by atoms with E-state index in [1.807, 2.05) is 12.1 Å². The highest BCUT2D eigenvalue weighted by atomic mass is 32.2. The lowest BCUT2D eigenvalue weighted by Gasteiger charge is -2.29. The number of sulfone groups is 1. The summed E-state index contributed by atoms with van der Waals surface area (Å²) in [5, 5.41) is 3.33. The first kappa shape index (κ1) is 19.6. The van der Waals surface area contributed by atoms with Crippen LogP contribution in [0.5, 0.6) is 5.75 Å². The molecule has 2 aromatic rings. The number of hydrogen-bond acceptors (Lipinski definition) is 7. The van der Waals surface area contributed by atoms with Crippen LogP contribution in [0.4, 0.5) is 5.69 Å². The minimum atomic E-state index is -3.30. The molecule has 0 saturated carbocycles. The normalized spacial score (nSPS) is 16.3. The summed E-state index contributed by atoms with van der Waals surface area (Å²) >= 11 is 0. The first-order valence-electron chi connectivity index (χ1n) is 9.03. The zero-order valence-corrected chi connectivity index (χ0v) is 16.8. The zero-order valence-electron chi connectivity index (χ0n) is 16.0. The van der Waals surface area contributed by atoms with E-state index < -0.39 is 9.84 Å². The van der Waals surface area contributed by atoms with Gasteiger partial charge in [-0.15, -0.1) is 0 Å². The van der Waals surface area contributed by atoms with Gasteiger partial charge in [0.15, 0.2) is 14.9 Å². The number of ether oxygens (including phenoxy) is 1. The summed E-state index contributed by atoms with van der Waals surface area (Å²) in [7, 11) is -1.17. The molecule has 0 bridgehead atoms. The van der Waals surface area contributed by atoms with Crippen molar-refractivity contribution >= 4 is 15.5 Å². The molecule has 2 aromatic heterocycles. The fourth-order valence-electron chi connectivity index (χ4n) is 3.00. The van der Waals surface area contributed by atoms with Crippen LogP contribution in [0.15, 0.2) is 35.5 Å². The van der Waals surface area contributed by atoms with E-state index in [1.165, 1.54) is 6.07 Å². The summed E-state index contributed by atoms with van der Waals surface area (Å²) < 4.78 is 29.1. The summed E-state index contributed by atoms with van der Waals surface area (Å²) in [5.41, 5.74) is 2.30. The number of pyridine rings is 2. The van der Waals surface area contributed by atoms with Crippen LogP contribution in [-0.2, 0) is 16.4 Å². The summed E-state index contributed by atoms with van der Waals surface area (Å²) in [6, 6.07) is 7.12. The van der Waals surface area contributed by atoms with Crippen LogP contribution in [0.25, 0.3) is 0 Å². The maximum absolute atomic E-state index is 11.6. The van der Waals surface area contributed by atoms with E-state index in [9.17, 15) is 8.42 Å². The number of piperidine rings is 1. The Hall–Kier alpha value is -2.19. The number of nitrogens with one attached hydrogen (secondary N) is 1. The number of rotatable bonds is 6. The van der Waals surface area contributed by atoms with Gasteiger partial charge in [-0.2, -0.15) is 0 Å². The van der Waals surface area contributed by atoms with Crippen LogP contribution in [0.2, 0.25) is 0 Å². The average molecular weight is 391 g/mol. The van der Waals surface area contributed by atoms with Crippen molar-refractivity contribution < 1.29 is 13.2 Å². The number of likely N-dealkylation sites (tertiary alicyclic amines) is 1. The highest BCUT2D eigenvalue weighted by molar-refractivity contribution is 7.90. The molecular formula is C19H26N4O3S. The molecule has 0 unspecified atom stereocenters. The number of aryl methyl sites for hydroxylation is 1. The lowest BCUT2D eigenvalue weighted by Crippen LogP contribution is -2.35. The van der Waals surface area contributed by atoms with Crippen LogP contribution >= 0.6 is 0 Å². The van der Waals surface area contributed by atoms with Gasteiger partial charge in [0.1, 0.15) is 11.9 Å². The molecule has 1 aliphatic heterocycles. The maximum atomic E-state index is 11.6. The van der Waals surface area contributed by atoms with E-state index >= 15 is 0 Å². The fourth-order valence-corrected chi connectivity index (χ4v) is 3.62. The van der Waals surface area contributed by atoms with Crippen molar-refractivity contribution in [1.29, 1.82) is 0 Å². The lowest BCUT2D eigenvalue weighted by atomic mass is 10.1. The van der Waals surface area contributed by atoms with Crippen molar-refractivity contribution in [2.24, 2.45) is 0 Å². The van der Waals surface area contributed by atoms with Crippen LogP contribution in [0, 0.1) is 6.92 Å². The molecule has 1 aliphatic rings. The van der Waals surface area contributed by atoms with Crippen LogP contribution in [0.1, 0.15) is 24.2 Å². The predicted molar refractivity (Wildman–Crippen MR) is 105 cm³/mol. The molecule has 3 rings (SSSR count). The molecule has 0 spiro atoms. The molecule has 1 fully saturated rings. The number of aromatic nitrogens is 2. The topological polar surface area (TPSA) is 84.4 Å². The first-order chi connectivity index (χ1) is 12.8. The lowest BCUT2D eigenvalue weighted by molar-refractivity contribution is 0.114. The van der Waals surface area contributed by atoms with Crippen molar-refractivity contribution in [3.05, 3.63) is 41.9 Å². The Balaban J connectivity index is 1.56.